The Hall–Kier alpha value is -4.30. The normalized spacial score (nSPS) is 10.9. The van der Waals surface area contributed by atoms with E-state index in [2.05, 4.69) is 105 Å². The Kier molecular flexibility index (Phi) is 5.65. The lowest BCUT2D eigenvalue weighted by Crippen LogP contribution is -1.97. The first-order valence-corrected chi connectivity index (χ1v) is 11.5. The van der Waals surface area contributed by atoms with E-state index in [4.69, 9.17) is 11.5 Å². The lowest BCUT2D eigenvalue weighted by Gasteiger charge is -2.19. The van der Waals surface area contributed by atoms with Gasteiger partial charge in [-0.15, -0.1) is 0 Å². The van der Waals surface area contributed by atoms with Gasteiger partial charge in [-0.2, -0.15) is 0 Å². The Balaban J connectivity index is 1.69. The van der Waals surface area contributed by atoms with E-state index < -0.39 is 0 Å². The second-order valence-electron chi connectivity index (χ2n) is 8.88. The largest absolute Gasteiger partial charge is 0.399 e. The zero-order valence-electron chi connectivity index (χ0n) is 19.5. The van der Waals surface area contributed by atoms with E-state index in [1.807, 2.05) is 18.2 Å². The number of hydrogen-bond acceptors (Lipinski definition) is 2. The molecule has 2 nitrogen and oxygen atoms in total. The molecule has 4 N–H and O–H groups in total. The number of aryl methyl sites for hydroxylation is 2. The Morgan fingerprint density at radius 3 is 1.32 bits per heavy atom. The van der Waals surface area contributed by atoms with Crippen LogP contribution in [0.5, 0.6) is 0 Å². The molecule has 0 unspecified atom stereocenters. The molecule has 0 radical (unpaired) electrons. The van der Waals surface area contributed by atoms with Gasteiger partial charge in [-0.05, 0) is 71.0 Å². The van der Waals surface area contributed by atoms with Crippen LogP contribution in [-0.4, -0.2) is 0 Å². The number of nitrogen functional groups attached to an aromatic ring is 2. The van der Waals surface area contributed by atoms with Crippen LogP contribution in [0, 0.1) is 13.8 Å². The molecule has 0 heterocycles. The van der Waals surface area contributed by atoms with Gasteiger partial charge in [-0.25, -0.2) is 0 Å². The summed E-state index contributed by atoms with van der Waals surface area (Å²) in [6.07, 6.45) is 0. The van der Waals surface area contributed by atoms with Crippen molar-refractivity contribution in [2.75, 3.05) is 11.5 Å². The number of nitrogens with two attached hydrogens (primary N) is 2. The first-order chi connectivity index (χ1) is 16.5. The highest BCUT2D eigenvalue weighted by molar-refractivity contribution is 5.99. The minimum Gasteiger partial charge on any atom is -0.399 e. The predicted molar refractivity (Wildman–Crippen MR) is 146 cm³/mol. The van der Waals surface area contributed by atoms with Gasteiger partial charge in [0.25, 0.3) is 0 Å². The summed E-state index contributed by atoms with van der Waals surface area (Å²) in [6.45, 7) is 4.22. The quantitative estimate of drug-likeness (QED) is 0.277. The molecule has 0 fully saturated rings. The summed E-state index contributed by atoms with van der Waals surface area (Å²) in [4.78, 5) is 0. The van der Waals surface area contributed by atoms with Crippen LogP contribution in [0.25, 0.3) is 44.5 Å². The average Bonchev–Trinajstić information content (AvgIpc) is 2.86. The Morgan fingerprint density at radius 1 is 0.382 bits per heavy atom. The van der Waals surface area contributed by atoms with E-state index in [1.54, 1.807) is 0 Å². The van der Waals surface area contributed by atoms with E-state index in [0.717, 1.165) is 55.9 Å². The van der Waals surface area contributed by atoms with Crippen LogP contribution in [0.4, 0.5) is 11.4 Å². The molecule has 0 saturated heterocycles. The van der Waals surface area contributed by atoms with E-state index in [1.165, 1.54) is 11.1 Å². The molecule has 0 amide bonds. The fraction of sp³-hybridized carbons (Fsp3) is 0.0625. The molecular weight excluding hydrogens is 412 g/mol. The van der Waals surface area contributed by atoms with Crippen LogP contribution >= 0.6 is 0 Å². The van der Waals surface area contributed by atoms with Crippen LogP contribution in [0.3, 0.4) is 0 Å². The van der Waals surface area contributed by atoms with Gasteiger partial charge in [0.1, 0.15) is 0 Å². The molecule has 0 aromatic heterocycles. The molecule has 0 aliphatic rings. The summed E-state index contributed by atoms with van der Waals surface area (Å²) < 4.78 is 0. The van der Waals surface area contributed by atoms with Gasteiger partial charge in [-0.3, -0.25) is 0 Å². The molecule has 166 valence electrons. The lowest BCUT2D eigenvalue weighted by molar-refractivity contribution is 1.45. The fourth-order valence-electron chi connectivity index (χ4n) is 4.43. The van der Waals surface area contributed by atoms with E-state index in [-0.39, 0.29) is 0 Å². The summed E-state index contributed by atoms with van der Waals surface area (Å²) in [6, 6.07) is 38.2. The van der Waals surface area contributed by atoms with Crippen molar-refractivity contribution in [1.29, 1.82) is 0 Å². The lowest BCUT2D eigenvalue weighted by atomic mass is 9.86. The van der Waals surface area contributed by atoms with E-state index in [0.29, 0.717) is 0 Å². The number of anilines is 2. The molecule has 5 aromatic carbocycles. The van der Waals surface area contributed by atoms with Crippen LogP contribution in [-0.2, 0) is 0 Å². The van der Waals surface area contributed by atoms with Crippen LogP contribution in [0.1, 0.15) is 11.1 Å². The number of rotatable bonds is 4. The minimum absolute atomic E-state index is 0.772. The van der Waals surface area contributed by atoms with Crippen molar-refractivity contribution >= 4 is 11.4 Å². The Bertz CT molecular complexity index is 1430. The molecule has 0 saturated carbocycles. The second kappa shape index (κ2) is 8.92. The zero-order chi connectivity index (χ0) is 23.7. The summed E-state index contributed by atoms with van der Waals surface area (Å²) in [7, 11) is 0. The molecule has 34 heavy (non-hydrogen) atoms. The molecule has 0 aliphatic carbocycles. The SMILES string of the molecule is Cc1ccc(-c2c(N)ccc(-c3ccc(-c4ccc(N)cc4)cc3)c2-c2ccc(C)cc2)cc1. The first-order valence-electron chi connectivity index (χ1n) is 11.5. The third kappa shape index (κ3) is 4.18. The molecule has 5 rings (SSSR count). The third-order valence-corrected chi connectivity index (χ3v) is 6.36. The maximum Gasteiger partial charge on any atom is 0.0400 e. The summed E-state index contributed by atoms with van der Waals surface area (Å²) >= 11 is 0. The topological polar surface area (TPSA) is 52.0 Å². The Labute approximate surface area is 201 Å². The Morgan fingerprint density at radius 2 is 0.794 bits per heavy atom. The smallest absolute Gasteiger partial charge is 0.0400 e. The predicted octanol–water partition coefficient (Wildman–Crippen LogP) is 8.14. The van der Waals surface area contributed by atoms with Crippen molar-refractivity contribution in [3.8, 4) is 44.5 Å². The van der Waals surface area contributed by atoms with Gasteiger partial charge in [0.2, 0.25) is 0 Å². The fourth-order valence-corrected chi connectivity index (χ4v) is 4.43. The highest BCUT2D eigenvalue weighted by atomic mass is 14.6. The van der Waals surface area contributed by atoms with Crippen LogP contribution in [0.15, 0.2) is 109 Å². The number of hydrogen-bond donors (Lipinski definition) is 2. The van der Waals surface area contributed by atoms with Crippen molar-refractivity contribution in [1.82, 2.24) is 0 Å². The molecular formula is C32H28N2. The molecule has 5 aromatic rings. The molecule has 0 spiro atoms. The zero-order valence-corrected chi connectivity index (χ0v) is 19.5. The average molecular weight is 441 g/mol. The van der Waals surface area contributed by atoms with Crippen molar-refractivity contribution in [2.24, 2.45) is 0 Å². The highest BCUT2D eigenvalue weighted by Crippen LogP contribution is 2.43. The number of benzene rings is 5. The van der Waals surface area contributed by atoms with E-state index in [9.17, 15) is 0 Å². The molecule has 0 atom stereocenters. The van der Waals surface area contributed by atoms with Crippen molar-refractivity contribution in [2.45, 2.75) is 13.8 Å². The molecule has 0 bridgehead atoms. The second-order valence-corrected chi connectivity index (χ2v) is 8.88. The molecule has 2 heteroatoms. The van der Waals surface area contributed by atoms with Crippen LogP contribution in [0.2, 0.25) is 0 Å². The van der Waals surface area contributed by atoms with Crippen molar-refractivity contribution in [3.05, 3.63) is 120 Å². The van der Waals surface area contributed by atoms with Gasteiger partial charge < -0.3 is 11.5 Å². The van der Waals surface area contributed by atoms with Gasteiger partial charge in [0, 0.05) is 16.9 Å². The molecule has 0 aliphatic heterocycles. The summed E-state index contributed by atoms with van der Waals surface area (Å²) in [5.41, 5.74) is 25.6. The summed E-state index contributed by atoms with van der Waals surface area (Å²) in [5.74, 6) is 0. The maximum atomic E-state index is 6.61. The van der Waals surface area contributed by atoms with Crippen molar-refractivity contribution < 1.29 is 0 Å². The summed E-state index contributed by atoms with van der Waals surface area (Å²) in [5, 5.41) is 0. The van der Waals surface area contributed by atoms with Crippen LogP contribution < -0.4 is 11.5 Å². The van der Waals surface area contributed by atoms with E-state index >= 15 is 0 Å². The van der Waals surface area contributed by atoms with Gasteiger partial charge in [-0.1, -0.05) is 102 Å². The first kappa shape index (κ1) is 21.5. The highest BCUT2D eigenvalue weighted by Gasteiger charge is 2.17. The third-order valence-electron chi connectivity index (χ3n) is 6.36. The van der Waals surface area contributed by atoms with Gasteiger partial charge in [0.05, 0.1) is 0 Å². The van der Waals surface area contributed by atoms with Gasteiger partial charge in [0.15, 0.2) is 0 Å². The monoisotopic (exact) mass is 440 g/mol. The minimum atomic E-state index is 0.772. The van der Waals surface area contributed by atoms with Gasteiger partial charge >= 0.3 is 0 Å². The van der Waals surface area contributed by atoms with Crippen molar-refractivity contribution in [3.63, 3.8) is 0 Å². The standard InChI is InChI=1S/C32H28N2/c1-21-3-7-26(8-4-21)31-29(19-20-30(34)32(31)27-9-5-22(2)6-10-27)25-13-11-23(12-14-25)24-15-17-28(33)18-16-24/h3-20H,33-34H2,1-2H3. The maximum absolute atomic E-state index is 6.61.